The lowest BCUT2D eigenvalue weighted by atomic mass is 10.2. The molecule has 19 heavy (non-hydrogen) atoms. The number of benzene rings is 1. The summed E-state index contributed by atoms with van der Waals surface area (Å²) < 4.78 is 0.857. The second-order valence-electron chi connectivity index (χ2n) is 4.16. The van der Waals surface area contributed by atoms with Gasteiger partial charge < -0.3 is 5.32 Å². The first-order valence-electron chi connectivity index (χ1n) is 5.97. The van der Waals surface area contributed by atoms with Gasteiger partial charge in [-0.3, -0.25) is 0 Å². The van der Waals surface area contributed by atoms with Crippen LogP contribution < -0.4 is 5.32 Å². The van der Waals surface area contributed by atoms with Crippen molar-refractivity contribution < 1.29 is 0 Å². The van der Waals surface area contributed by atoms with E-state index < -0.39 is 0 Å². The molecule has 1 nitrogen and oxygen atoms in total. The molecule has 0 amide bonds. The summed E-state index contributed by atoms with van der Waals surface area (Å²) in [7, 11) is 2.00. The molecule has 2 aromatic rings. The molecule has 1 N–H and O–H groups in total. The third-order valence-electron chi connectivity index (χ3n) is 2.75. The maximum Gasteiger partial charge on any atom is 0.0931 e. The lowest BCUT2D eigenvalue weighted by molar-refractivity contribution is 0.622. The largest absolute Gasteiger partial charge is 0.316 e. The normalized spacial score (nSPS) is 12.6. The minimum absolute atomic E-state index is 0.440. The van der Waals surface area contributed by atoms with Crippen LogP contribution in [0.4, 0.5) is 0 Å². The molecule has 0 spiro atoms. The molecule has 1 heterocycles. The summed E-state index contributed by atoms with van der Waals surface area (Å²) in [5.74, 6) is 1.02. The molecule has 0 radical (unpaired) electrons. The van der Waals surface area contributed by atoms with Crippen molar-refractivity contribution in [1.82, 2.24) is 5.32 Å². The number of halogens is 2. The van der Waals surface area contributed by atoms with E-state index in [-0.39, 0.29) is 0 Å². The van der Waals surface area contributed by atoms with E-state index in [9.17, 15) is 0 Å². The fourth-order valence-electron chi connectivity index (χ4n) is 1.68. The van der Waals surface area contributed by atoms with E-state index in [0.717, 1.165) is 21.5 Å². The van der Waals surface area contributed by atoms with E-state index in [1.807, 2.05) is 37.0 Å². The number of hydrogen-bond acceptors (Lipinski definition) is 3. The van der Waals surface area contributed by atoms with Gasteiger partial charge in [-0.1, -0.05) is 23.2 Å². The Bertz CT molecular complexity index is 510. The minimum atomic E-state index is 0.440. The van der Waals surface area contributed by atoms with Crippen molar-refractivity contribution >= 4 is 46.3 Å². The Morgan fingerprint density at radius 2 is 1.89 bits per heavy atom. The van der Waals surface area contributed by atoms with Crippen LogP contribution in [0, 0.1) is 0 Å². The molecule has 0 aliphatic carbocycles. The monoisotopic (exact) mass is 331 g/mol. The van der Waals surface area contributed by atoms with E-state index in [0.29, 0.717) is 6.04 Å². The summed E-state index contributed by atoms with van der Waals surface area (Å²) in [4.78, 5) is 2.56. The molecular formula is C14H15Cl2NS2. The van der Waals surface area contributed by atoms with Crippen molar-refractivity contribution in [3.8, 4) is 0 Å². The molecular weight excluding hydrogens is 317 g/mol. The van der Waals surface area contributed by atoms with Gasteiger partial charge in [0, 0.05) is 26.6 Å². The fraction of sp³-hybridized carbons (Fsp3) is 0.286. The number of hydrogen-bond donors (Lipinski definition) is 1. The molecule has 1 unspecified atom stereocenters. The summed E-state index contributed by atoms with van der Waals surface area (Å²) in [6, 6.07) is 12.5. The topological polar surface area (TPSA) is 12.0 Å². The van der Waals surface area contributed by atoms with Gasteiger partial charge in [0.1, 0.15) is 0 Å². The first-order valence-corrected chi connectivity index (χ1v) is 8.53. The number of thioether (sulfide) groups is 1. The molecule has 0 saturated heterocycles. The van der Waals surface area contributed by atoms with Crippen molar-refractivity contribution in [3.05, 3.63) is 50.6 Å². The van der Waals surface area contributed by atoms with Gasteiger partial charge in [-0.25, -0.2) is 0 Å². The van der Waals surface area contributed by atoms with E-state index in [1.165, 1.54) is 9.77 Å². The van der Waals surface area contributed by atoms with Gasteiger partial charge in [-0.2, -0.15) is 0 Å². The first kappa shape index (κ1) is 15.2. The molecule has 1 aromatic carbocycles. The summed E-state index contributed by atoms with van der Waals surface area (Å²) in [6.45, 7) is 0. The van der Waals surface area contributed by atoms with Gasteiger partial charge in [0.05, 0.1) is 4.34 Å². The number of rotatable bonds is 6. The minimum Gasteiger partial charge on any atom is -0.316 e. The Labute approximate surface area is 132 Å². The smallest absolute Gasteiger partial charge is 0.0931 e. The summed E-state index contributed by atoms with van der Waals surface area (Å²) >= 11 is 15.3. The van der Waals surface area contributed by atoms with Gasteiger partial charge in [-0.05, 0) is 49.9 Å². The van der Waals surface area contributed by atoms with Crippen LogP contribution >= 0.6 is 46.3 Å². The van der Waals surface area contributed by atoms with Crippen LogP contribution in [0.5, 0.6) is 0 Å². The van der Waals surface area contributed by atoms with Crippen LogP contribution in [-0.4, -0.2) is 18.8 Å². The number of thiophene rings is 1. The predicted octanol–water partition coefficient (Wildman–Crippen LogP) is 4.98. The highest BCUT2D eigenvalue weighted by Gasteiger charge is 2.09. The molecule has 102 valence electrons. The average Bonchev–Trinajstić information content (AvgIpc) is 2.82. The molecule has 5 heteroatoms. The van der Waals surface area contributed by atoms with Crippen molar-refractivity contribution in [2.24, 2.45) is 0 Å². The maximum atomic E-state index is 5.96. The summed E-state index contributed by atoms with van der Waals surface area (Å²) in [6.07, 6.45) is 1.01. The molecule has 0 aliphatic heterocycles. The van der Waals surface area contributed by atoms with Crippen LogP contribution in [0.1, 0.15) is 4.88 Å². The maximum absolute atomic E-state index is 5.96. The lowest BCUT2D eigenvalue weighted by Crippen LogP contribution is -2.29. The third-order valence-corrected chi connectivity index (χ3v) is 5.43. The van der Waals surface area contributed by atoms with Crippen LogP contribution in [0.15, 0.2) is 41.3 Å². The van der Waals surface area contributed by atoms with Gasteiger partial charge in [0.2, 0.25) is 0 Å². The van der Waals surface area contributed by atoms with Crippen molar-refractivity contribution in [2.75, 3.05) is 12.8 Å². The highest BCUT2D eigenvalue weighted by molar-refractivity contribution is 7.99. The van der Waals surface area contributed by atoms with E-state index in [1.54, 1.807) is 11.3 Å². The van der Waals surface area contributed by atoms with E-state index in [2.05, 4.69) is 23.5 Å². The molecule has 0 bridgehead atoms. The third kappa shape index (κ3) is 5.01. The standard InChI is InChI=1S/C14H15Cl2NS2/c1-17-11(8-13-6-7-14(16)19-13)9-18-12-4-2-10(15)3-5-12/h2-7,11,17H,8-9H2,1H3. The number of nitrogens with one attached hydrogen (secondary N) is 1. The Hall–Kier alpha value is -0.190. The molecule has 0 saturated carbocycles. The number of likely N-dealkylation sites (N-methyl/N-ethyl adjacent to an activating group) is 1. The molecule has 1 atom stereocenters. The predicted molar refractivity (Wildman–Crippen MR) is 88.1 cm³/mol. The second-order valence-corrected chi connectivity index (χ2v) is 7.49. The first-order chi connectivity index (χ1) is 9.17. The fourth-order valence-corrected chi connectivity index (χ4v) is 3.98. The highest BCUT2D eigenvalue weighted by Crippen LogP contribution is 2.25. The van der Waals surface area contributed by atoms with Gasteiger partial charge >= 0.3 is 0 Å². The zero-order chi connectivity index (χ0) is 13.7. The van der Waals surface area contributed by atoms with Crippen LogP contribution in [0.3, 0.4) is 0 Å². The summed E-state index contributed by atoms with van der Waals surface area (Å²) in [5, 5.41) is 4.14. The molecule has 0 aliphatic rings. The van der Waals surface area contributed by atoms with Gasteiger partial charge in [-0.15, -0.1) is 23.1 Å². The molecule has 0 fully saturated rings. The lowest BCUT2D eigenvalue weighted by Gasteiger charge is -2.14. The Morgan fingerprint density at radius 3 is 2.47 bits per heavy atom. The zero-order valence-electron chi connectivity index (χ0n) is 10.5. The SMILES string of the molecule is CNC(CSc1ccc(Cl)cc1)Cc1ccc(Cl)s1. The van der Waals surface area contributed by atoms with Crippen LogP contribution in [0.25, 0.3) is 0 Å². The summed E-state index contributed by atoms with van der Waals surface area (Å²) in [5.41, 5.74) is 0. The van der Waals surface area contributed by atoms with Crippen molar-refractivity contribution in [2.45, 2.75) is 17.4 Å². The quantitative estimate of drug-likeness (QED) is 0.749. The second kappa shape index (κ2) is 7.55. The molecule has 1 aromatic heterocycles. The Kier molecular flexibility index (Phi) is 6.05. The highest BCUT2D eigenvalue weighted by atomic mass is 35.5. The van der Waals surface area contributed by atoms with Gasteiger partial charge in [0.25, 0.3) is 0 Å². The van der Waals surface area contributed by atoms with E-state index >= 15 is 0 Å². The van der Waals surface area contributed by atoms with Crippen LogP contribution in [0.2, 0.25) is 9.36 Å². The molecule has 2 rings (SSSR count). The Morgan fingerprint density at radius 1 is 1.16 bits per heavy atom. The van der Waals surface area contributed by atoms with Crippen molar-refractivity contribution in [3.63, 3.8) is 0 Å². The van der Waals surface area contributed by atoms with Crippen molar-refractivity contribution in [1.29, 1.82) is 0 Å². The van der Waals surface area contributed by atoms with Gasteiger partial charge in [0.15, 0.2) is 0 Å². The van der Waals surface area contributed by atoms with E-state index in [4.69, 9.17) is 23.2 Å². The average molecular weight is 332 g/mol. The Balaban J connectivity index is 1.87. The zero-order valence-corrected chi connectivity index (χ0v) is 13.7. The van der Waals surface area contributed by atoms with Crippen LogP contribution in [-0.2, 0) is 6.42 Å².